The van der Waals surface area contributed by atoms with E-state index in [1.807, 2.05) is 18.2 Å². The number of hydrogen-bond acceptors (Lipinski definition) is 15. The van der Waals surface area contributed by atoms with Crippen molar-refractivity contribution >= 4 is 40.3 Å². The molecule has 350 valence electrons. The zero-order chi connectivity index (χ0) is 47.5. The molecule has 16 nitrogen and oxygen atoms in total. The molecule has 0 aliphatic carbocycles. The number of anilines is 1. The number of ketones is 1. The molecular weight excluding hydrogens is 837 g/mol. The van der Waals surface area contributed by atoms with Gasteiger partial charge in [0.05, 0.1) is 53.0 Å². The molecule has 4 aliphatic heterocycles. The number of aliphatic hydroxyl groups is 2. The molecule has 1 fully saturated rings. The summed E-state index contributed by atoms with van der Waals surface area (Å²) in [5, 5.41) is 67.5. The van der Waals surface area contributed by atoms with Crippen LogP contribution in [0.15, 0.2) is 71.6 Å². The lowest BCUT2D eigenvalue weighted by Gasteiger charge is -2.38. The van der Waals surface area contributed by atoms with E-state index in [1.54, 1.807) is 44.9 Å². The Morgan fingerprint density at radius 3 is 2.25 bits per heavy atom. The van der Waals surface area contributed by atoms with Crippen molar-refractivity contribution in [3.63, 3.8) is 0 Å². The summed E-state index contributed by atoms with van der Waals surface area (Å²) in [7, 11) is 1.44. The number of carbonyl (C=O) groups excluding carboxylic acids is 3. The number of phenolic OH excluding ortho intramolecular Hbond substituents is 3. The normalized spacial score (nSPS) is 30.1. The van der Waals surface area contributed by atoms with Crippen LogP contribution in [0.3, 0.4) is 0 Å². The van der Waals surface area contributed by atoms with Gasteiger partial charge in [-0.2, -0.15) is 5.10 Å². The highest BCUT2D eigenvalue weighted by atomic mass is 16.7. The van der Waals surface area contributed by atoms with Crippen LogP contribution in [0.5, 0.6) is 23.0 Å². The molecule has 5 bridgehead atoms. The topological polar surface area (TPSA) is 220 Å². The number of hydrogen-bond donors (Lipinski definition) is 6. The first-order valence-electron chi connectivity index (χ1n) is 21.9. The summed E-state index contributed by atoms with van der Waals surface area (Å²) >= 11 is 0. The van der Waals surface area contributed by atoms with Gasteiger partial charge in [-0.15, -0.1) is 0 Å². The number of aromatic hydroxyl groups is 3. The lowest BCUT2D eigenvalue weighted by Crippen LogP contribution is -2.46. The molecule has 0 spiro atoms. The lowest BCUT2D eigenvalue weighted by molar-refractivity contribution is -0.160. The molecule has 3 aromatic rings. The van der Waals surface area contributed by atoms with Crippen molar-refractivity contribution in [2.24, 2.45) is 28.8 Å². The van der Waals surface area contributed by atoms with Crippen LogP contribution in [-0.2, 0) is 30.3 Å². The first-order valence-corrected chi connectivity index (χ1v) is 21.9. The third kappa shape index (κ3) is 10.0. The molecule has 0 saturated carbocycles. The average molecular weight is 899 g/mol. The third-order valence-electron chi connectivity index (χ3n) is 13.0. The summed E-state index contributed by atoms with van der Waals surface area (Å²) in [6, 6.07) is 10.1. The largest absolute Gasteiger partial charge is 0.507 e. The minimum Gasteiger partial charge on any atom is -0.507 e. The molecule has 4 heterocycles. The SMILES string of the molecule is CO[C@H]1/C=C\O[C@@]2(C)Oc3c(C)c(O)c4c(O)c(c(C=NN5CCN(Cc6ccccc6)CC5)c(O)c4c3C2=O)NC(=O)/C(C)=C\C=C/[C@H](C)[C@H](O)[C@@H](C)[C@@H](O)[C@@H](C)[C@H](OC(C)=O)[C@@H]1C. The zero-order valence-electron chi connectivity index (χ0n) is 38.4. The number of aliphatic hydroxyl groups excluding tert-OH is 2. The summed E-state index contributed by atoms with van der Waals surface area (Å²) in [5.74, 6) is -8.42. The Hall–Kier alpha value is -5.94. The second kappa shape index (κ2) is 20.1. The number of benzene rings is 3. The van der Waals surface area contributed by atoms with Crippen molar-refractivity contribution in [1.29, 1.82) is 0 Å². The number of ether oxygens (including phenoxy) is 4. The highest BCUT2D eigenvalue weighted by molar-refractivity contribution is 6.23. The van der Waals surface area contributed by atoms with E-state index < -0.39 is 88.8 Å². The number of phenols is 3. The number of carbonyl (C=O) groups is 3. The van der Waals surface area contributed by atoms with E-state index >= 15 is 0 Å². The predicted octanol–water partition coefficient (Wildman–Crippen LogP) is 5.91. The number of esters is 1. The van der Waals surface area contributed by atoms with Gasteiger partial charge in [-0.25, -0.2) is 0 Å². The maximum atomic E-state index is 14.6. The van der Waals surface area contributed by atoms with Crippen LogP contribution in [0.4, 0.5) is 5.69 Å². The molecule has 3 aromatic carbocycles. The van der Waals surface area contributed by atoms with Gasteiger partial charge in [-0.1, -0.05) is 76.3 Å². The summed E-state index contributed by atoms with van der Waals surface area (Å²) in [5.41, 5.74) is 0.808. The smallest absolute Gasteiger partial charge is 0.312 e. The van der Waals surface area contributed by atoms with Crippen molar-refractivity contribution in [3.8, 4) is 23.0 Å². The minimum atomic E-state index is -2.06. The third-order valence-corrected chi connectivity index (χ3v) is 13.0. The molecular formula is C49H62N4O12. The van der Waals surface area contributed by atoms with Crippen molar-refractivity contribution in [2.45, 2.75) is 92.1 Å². The summed E-state index contributed by atoms with van der Waals surface area (Å²) in [6.45, 7) is 15.8. The fourth-order valence-electron chi connectivity index (χ4n) is 8.86. The molecule has 65 heavy (non-hydrogen) atoms. The Morgan fingerprint density at radius 1 is 0.923 bits per heavy atom. The molecule has 1 amide bonds. The van der Waals surface area contributed by atoms with Gasteiger partial charge in [0.15, 0.2) is 5.75 Å². The Bertz CT molecular complexity index is 2390. The van der Waals surface area contributed by atoms with Gasteiger partial charge in [0.25, 0.3) is 11.7 Å². The van der Waals surface area contributed by atoms with Crippen LogP contribution in [0, 0.1) is 30.6 Å². The van der Waals surface area contributed by atoms with E-state index in [1.165, 1.54) is 65.0 Å². The summed E-state index contributed by atoms with van der Waals surface area (Å²) < 4.78 is 23.7. The van der Waals surface area contributed by atoms with Gasteiger partial charge in [0.2, 0.25) is 0 Å². The Balaban J connectivity index is 1.46. The van der Waals surface area contributed by atoms with Gasteiger partial charge >= 0.3 is 11.8 Å². The predicted molar refractivity (Wildman–Crippen MR) is 245 cm³/mol. The number of methoxy groups -OCH3 is 1. The fraction of sp³-hybridized carbons (Fsp3) is 0.469. The van der Waals surface area contributed by atoms with Crippen molar-refractivity contribution in [3.05, 3.63) is 88.7 Å². The molecule has 4 aliphatic rings. The Kier molecular flexibility index (Phi) is 15.0. The van der Waals surface area contributed by atoms with Crippen molar-refractivity contribution in [2.75, 3.05) is 38.6 Å². The summed E-state index contributed by atoms with van der Waals surface area (Å²) in [6.07, 6.45) is 4.87. The monoisotopic (exact) mass is 898 g/mol. The van der Waals surface area contributed by atoms with Gasteiger partial charge in [-0.05, 0) is 25.5 Å². The van der Waals surface area contributed by atoms with Crippen LogP contribution in [0.2, 0.25) is 0 Å². The highest BCUT2D eigenvalue weighted by Crippen LogP contribution is 2.55. The number of piperazine rings is 1. The van der Waals surface area contributed by atoms with Crippen LogP contribution in [0.1, 0.15) is 75.5 Å². The highest BCUT2D eigenvalue weighted by Gasteiger charge is 2.50. The van der Waals surface area contributed by atoms with Gasteiger partial charge in [-0.3, -0.25) is 24.3 Å². The van der Waals surface area contributed by atoms with Crippen LogP contribution in [-0.4, -0.2) is 123 Å². The number of allylic oxidation sites excluding steroid dienone is 2. The molecule has 6 N–H and O–H groups in total. The molecule has 9 atom stereocenters. The van der Waals surface area contributed by atoms with Crippen LogP contribution in [0.25, 0.3) is 10.8 Å². The molecule has 1 saturated heterocycles. The first-order chi connectivity index (χ1) is 30.8. The molecule has 7 rings (SSSR count). The standard InChI is InChI=1S/C49H62N4O12/c1-26-14-13-15-27(2)48(61)51-39-34(24-50-53-21-19-52(20-22-53)25-33-16-11-10-12-17-33)43(58)36-37(44(39)59)42(57)31(6)46-38(36)47(60)49(8,65-46)63-23-18-35(62-9)28(3)45(64-32(7)54)30(5)41(56)29(4)40(26)55/h10-18,23-24,26,28-30,35,40-41,45,55-59H,19-22,25H2,1-9H3,(H,51,61)/b14-13-,23-18-,27-15-,50-24?/t26-,28+,29+,30+,35-,40-,41+,45+,49-/m0/s1. The second-order valence-corrected chi connectivity index (χ2v) is 17.6. The zero-order valence-corrected chi connectivity index (χ0v) is 38.4. The first kappa shape index (κ1) is 48.5. The van der Waals surface area contributed by atoms with Gasteiger partial charge < -0.3 is 49.8 Å². The number of nitrogens with zero attached hydrogens (tertiary/aromatic N) is 3. The Labute approximate surface area is 379 Å². The molecule has 0 unspecified atom stereocenters. The fourth-order valence-corrected chi connectivity index (χ4v) is 8.86. The number of amides is 1. The minimum absolute atomic E-state index is 0.0522. The maximum Gasteiger partial charge on any atom is 0.312 e. The van der Waals surface area contributed by atoms with E-state index in [0.29, 0.717) is 26.2 Å². The van der Waals surface area contributed by atoms with Crippen molar-refractivity contribution in [1.82, 2.24) is 9.91 Å². The van der Waals surface area contributed by atoms with Gasteiger partial charge in [0, 0.05) is 93.9 Å². The van der Waals surface area contributed by atoms with Gasteiger partial charge in [0.1, 0.15) is 23.4 Å². The van der Waals surface area contributed by atoms with E-state index in [9.17, 15) is 39.9 Å². The molecule has 16 heteroatoms. The van der Waals surface area contributed by atoms with E-state index in [-0.39, 0.29) is 44.5 Å². The molecule has 0 aromatic heterocycles. The lowest BCUT2D eigenvalue weighted by atomic mass is 9.78. The summed E-state index contributed by atoms with van der Waals surface area (Å²) in [4.78, 5) is 43.1. The Morgan fingerprint density at radius 2 is 1.60 bits per heavy atom. The van der Waals surface area contributed by atoms with E-state index in [4.69, 9.17) is 18.9 Å². The van der Waals surface area contributed by atoms with Crippen LogP contribution < -0.4 is 10.1 Å². The molecule has 0 radical (unpaired) electrons. The number of nitrogens with one attached hydrogen (secondary N) is 1. The van der Waals surface area contributed by atoms with Crippen LogP contribution >= 0.6 is 0 Å². The van der Waals surface area contributed by atoms with Crippen molar-refractivity contribution < 1.29 is 58.9 Å². The number of rotatable bonds is 6. The number of Topliss-reactive ketones (excluding diaryl/α,β-unsaturated/α-hetero) is 1. The van der Waals surface area contributed by atoms with E-state index in [2.05, 4.69) is 27.5 Å². The van der Waals surface area contributed by atoms with E-state index in [0.717, 1.165) is 6.54 Å². The number of hydrazone groups is 1. The number of fused-ring (bicyclic) bond motifs is 14. The second-order valence-electron chi connectivity index (χ2n) is 17.6. The average Bonchev–Trinajstić information content (AvgIpc) is 3.55. The maximum absolute atomic E-state index is 14.6. The quantitative estimate of drug-likeness (QED) is 0.0734.